The minimum Gasteiger partial charge on any atom is -0.376 e. The van der Waals surface area contributed by atoms with Crippen LogP contribution in [0, 0.1) is 6.92 Å². The van der Waals surface area contributed by atoms with E-state index in [2.05, 4.69) is 0 Å². The maximum atomic E-state index is 13.3. The summed E-state index contributed by atoms with van der Waals surface area (Å²) >= 11 is 0. The monoisotopic (exact) mass is 329 g/mol. The van der Waals surface area contributed by atoms with Gasteiger partial charge in [-0.1, -0.05) is 25.5 Å². The zero-order chi connectivity index (χ0) is 17.3. The molecule has 0 radical (unpaired) electrons. The highest BCUT2D eigenvalue weighted by Crippen LogP contribution is 2.42. The van der Waals surface area contributed by atoms with Gasteiger partial charge in [-0.25, -0.2) is 0 Å². The van der Waals surface area contributed by atoms with Gasteiger partial charge in [-0.05, 0) is 43.4 Å². The van der Waals surface area contributed by atoms with E-state index >= 15 is 0 Å². The average molecular weight is 329 g/mol. The fraction of sp³-hybridized carbons (Fsp3) is 0.588. The van der Waals surface area contributed by atoms with Crippen LogP contribution in [0.1, 0.15) is 54.1 Å². The van der Waals surface area contributed by atoms with Gasteiger partial charge in [0.25, 0.3) is 5.91 Å². The summed E-state index contributed by atoms with van der Waals surface area (Å²) in [6.45, 7) is 4.56. The Balaban J connectivity index is 2.35. The standard InChI is InChI=1S/C17H22F3NO2/c1-3-8-16(23,17(18,19)20)13-6-7-14(12(2)11-13)15(22)21-9-4-5-10-21/h6-7,11,23H,3-5,8-10H2,1-2H3. The lowest BCUT2D eigenvalue weighted by Gasteiger charge is -2.31. The van der Waals surface area contributed by atoms with Crippen molar-refractivity contribution >= 4 is 5.91 Å². The van der Waals surface area contributed by atoms with E-state index in [-0.39, 0.29) is 17.9 Å². The number of amides is 1. The molecule has 1 aliphatic heterocycles. The smallest absolute Gasteiger partial charge is 0.376 e. The van der Waals surface area contributed by atoms with Crippen molar-refractivity contribution in [3.8, 4) is 0 Å². The van der Waals surface area contributed by atoms with Gasteiger partial charge in [0, 0.05) is 18.7 Å². The van der Waals surface area contributed by atoms with Crippen LogP contribution in [0.5, 0.6) is 0 Å². The fourth-order valence-corrected chi connectivity index (χ4v) is 3.06. The number of aliphatic hydroxyl groups is 1. The largest absolute Gasteiger partial charge is 0.421 e. The Hall–Kier alpha value is -1.56. The van der Waals surface area contributed by atoms with E-state index in [4.69, 9.17) is 0 Å². The maximum Gasteiger partial charge on any atom is 0.421 e. The molecule has 0 spiro atoms. The lowest BCUT2D eigenvalue weighted by Crippen LogP contribution is -2.42. The van der Waals surface area contributed by atoms with Gasteiger partial charge >= 0.3 is 6.18 Å². The minimum absolute atomic E-state index is 0.155. The molecule has 23 heavy (non-hydrogen) atoms. The first kappa shape index (κ1) is 17.8. The quantitative estimate of drug-likeness (QED) is 0.913. The Morgan fingerprint density at radius 1 is 1.26 bits per heavy atom. The Morgan fingerprint density at radius 2 is 1.87 bits per heavy atom. The highest BCUT2D eigenvalue weighted by atomic mass is 19.4. The third kappa shape index (κ3) is 3.37. The number of hydrogen-bond donors (Lipinski definition) is 1. The minimum atomic E-state index is -4.75. The maximum absolute atomic E-state index is 13.3. The zero-order valence-corrected chi connectivity index (χ0v) is 13.4. The van der Waals surface area contributed by atoms with Crippen LogP contribution in [0.3, 0.4) is 0 Å². The van der Waals surface area contributed by atoms with E-state index in [1.807, 2.05) is 0 Å². The number of hydrogen-bond acceptors (Lipinski definition) is 2. The van der Waals surface area contributed by atoms with Crippen molar-refractivity contribution in [1.29, 1.82) is 0 Å². The molecular formula is C17H22F3NO2. The summed E-state index contributed by atoms with van der Waals surface area (Å²) < 4.78 is 39.9. The third-order valence-corrected chi connectivity index (χ3v) is 4.41. The lowest BCUT2D eigenvalue weighted by molar-refractivity contribution is -0.269. The first-order valence-corrected chi connectivity index (χ1v) is 7.90. The molecule has 0 aliphatic carbocycles. The first-order chi connectivity index (χ1) is 10.7. The first-order valence-electron chi connectivity index (χ1n) is 7.90. The number of carbonyl (C=O) groups excluding carboxylic acids is 1. The summed E-state index contributed by atoms with van der Waals surface area (Å²) in [5.74, 6) is -0.155. The number of aryl methyl sites for hydroxylation is 1. The van der Waals surface area contributed by atoms with Crippen LogP contribution in [0.25, 0.3) is 0 Å². The predicted octanol–water partition coefficient (Wildman–Crippen LogP) is 3.78. The van der Waals surface area contributed by atoms with Crippen molar-refractivity contribution in [3.63, 3.8) is 0 Å². The Bertz CT molecular complexity index is 580. The molecule has 1 atom stereocenters. The second-order valence-electron chi connectivity index (χ2n) is 6.14. The van der Waals surface area contributed by atoms with E-state index in [0.29, 0.717) is 24.2 Å². The van der Waals surface area contributed by atoms with Crippen LogP contribution in [-0.2, 0) is 5.60 Å². The zero-order valence-electron chi connectivity index (χ0n) is 13.4. The molecule has 128 valence electrons. The third-order valence-electron chi connectivity index (χ3n) is 4.41. The number of carbonyl (C=O) groups is 1. The number of benzene rings is 1. The van der Waals surface area contributed by atoms with E-state index in [9.17, 15) is 23.1 Å². The van der Waals surface area contributed by atoms with Gasteiger partial charge in [-0.3, -0.25) is 4.79 Å². The molecule has 1 aromatic carbocycles. The molecule has 1 saturated heterocycles. The Kier molecular flexibility index (Phi) is 5.04. The van der Waals surface area contributed by atoms with Gasteiger partial charge in [0.05, 0.1) is 0 Å². The van der Waals surface area contributed by atoms with E-state index in [1.165, 1.54) is 18.2 Å². The van der Waals surface area contributed by atoms with Gasteiger partial charge in [0.15, 0.2) is 5.60 Å². The Morgan fingerprint density at radius 3 is 2.35 bits per heavy atom. The molecule has 1 aromatic rings. The predicted molar refractivity (Wildman–Crippen MR) is 81.2 cm³/mol. The molecule has 6 heteroatoms. The van der Waals surface area contributed by atoms with Crippen molar-refractivity contribution in [3.05, 3.63) is 34.9 Å². The molecule has 2 rings (SSSR count). The van der Waals surface area contributed by atoms with Gasteiger partial charge in [0.2, 0.25) is 0 Å². The van der Waals surface area contributed by atoms with Crippen LogP contribution < -0.4 is 0 Å². The lowest BCUT2D eigenvalue weighted by atomic mass is 9.86. The Labute approximate surface area is 134 Å². The summed E-state index contributed by atoms with van der Waals surface area (Å²) in [7, 11) is 0. The molecule has 1 N–H and O–H groups in total. The summed E-state index contributed by atoms with van der Waals surface area (Å²) in [4.78, 5) is 14.1. The molecule has 0 aromatic heterocycles. The molecule has 1 aliphatic rings. The molecule has 3 nitrogen and oxygen atoms in total. The summed E-state index contributed by atoms with van der Waals surface area (Å²) in [5.41, 5.74) is -2.22. The van der Waals surface area contributed by atoms with Crippen molar-refractivity contribution < 1.29 is 23.1 Å². The van der Waals surface area contributed by atoms with Gasteiger partial charge in [-0.15, -0.1) is 0 Å². The number of alkyl halides is 3. The van der Waals surface area contributed by atoms with Crippen LogP contribution >= 0.6 is 0 Å². The van der Waals surface area contributed by atoms with Gasteiger partial charge in [0.1, 0.15) is 0 Å². The van der Waals surface area contributed by atoms with Crippen LogP contribution in [0.15, 0.2) is 18.2 Å². The highest BCUT2D eigenvalue weighted by molar-refractivity contribution is 5.95. The number of likely N-dealkylation sites (tertiary alicyclic amines) is 1. The topological polar surface area (TPSA) is 40.5 Å². The number of halogens is 3. The summed E-state index contributed by atoms with van der Waals surface area (Å²) in [6.07, 6.45) is -3.06. The summed E-state index contributed by atoms with van der Waals surface area (Å²) in [6, 6.07) is 3.91. The molecule has 0 bridgehead atoms. The molecule has 1 fully saturated rings. The number of rotatable bonds is 4. The van der Waals surface area contributed by atoms with Gasteiger partial charge in [-0.2, -0.15) is 13.2 Å². The fourth-order valence-electron chi connectivity index (χ4n) is 3.06. The SMILES string of the molecule is CCCC(O)(c1ccc(C(=O)N2CCCC2)c(C)c1)C(F)(F)F. The molecule has 1 heterocycles. The van der Waals surface area contributed by atoms with E-state index < -0.39 is 18.2 Å². The molecule has 1 unspecified atom stereocenters. The second-order valence-corrected chi connectivity index (χ2v) is 6.14. The normalized spacial score (nSPS) is 18.1. The molecule has 0 saturated carbocycles. The van der Waals surface area contributed by atoms with Gasteiger partial charge < -0.3 is 10.0 Å². The van der Waals surface area contributed by atoms with Crippen molar-refractivity contribution in [2.45, 2.75) is 51.3 Å². The number of nitrogens with zero attached hydrogens (tertiary/aromatic N) is 1. The van der Waals surface area contributed by atoms with Crippen molar-refractivity contribution in [1.82, 2.24) is 4.90 Å². The molecule has 1 amide bonds. The van der Waals surface area contributed by atoms with E-state index in [0.717, 1.165) is 12.8 Å². The molecular weight excluding hydrogens is 307 g/mol. The van der Waals surface area contributed by atoms with Crippen molar-refractivity contribution in [2.75, 3.05) is 13.1 Å². The van der Waals surface area contributed by atoms with Crippen LogP contribution in [0.2, 0.25) is 0 Å². The average Bonchev–Trinajstić information content (AvgIpc) is 2.99. The van der Waals surface area contributed by atoms with Crippen molar-refractivity contribution in [2.24, 2.45) is 0 Å². The summed E-state index contributed by atoms with van der Waals surface area (Å²) in [5, 5.41) is 10.2. The highest BCUT2D eigenvalue weighted by Gasteiger charge is 2.54. The van der Waals surface area contributed by atoms with E-state index in [1.54, 1.807) is 18.7 Å². The van der Waals surface area contributed by atoms with Crippen LogP contribution in [0.4, 0.5) is 13.2 Å². The second kappa shape index (κ2) is 6.51. The van der Waals surface area contributed by atoms with Crippen LogP contribution in [-0.4, -0.2) is 35.2 Å².